The molecule has 0 aliphatic carbocycles. The summed E-state index contributed by atoms with van der Waals surface area (Å²) in [5.74, 6) is -0.879. The van der Waals surface area contributed by atoms with Gasteiger partial charge in [-0.3, -0.25) is 14.2 Å². The standard InChI is InChI=1S/C9H10N2O3S.ClH/c1-5-2-10-9-11(7(5)12)3-6(4-15-9)8(13)14;/h2,6H,3-4H2,1H3,(H,13,14);1H. The summed E-state index contributed by atoms with van der Waals surface area (Å²) >= 11 is 1.32. The molecule has 1 unspecified atom stereocenters. The SMILES string of the molecule is Cc1cnc2n(c1=O)CC(C(=O)O)CS2.Cl. The zero-order valence-corrected chi connectivity index (χ0v) is 10.2. The Balaban J connectivity index is 0.00000128. The Morgan fingerprint density at radius 1 is 1.69 bits per heavy atom. The maximum absolute atomic E-state index is 11.7. The molecule has 0 aromatic carbocycles. The highest BCUT2D eigenvalue weighted by molar-refractivity contribution is 7.99. The molecular formula is C9H11ClN2O3S. The van der Waals surface area contributed by atoms with E-state index >= 15 is 0 Å². The molecule has 0 amide bonds. The zero-order valence-electron chi connectivity index (χ0n) is 8.54. The topological polar surface area (TPSA) is 72.2 Å². The Morgan fingerprint density at radius 2 is 2.38 bits per heavy atom. The minimum atomic E-state index is -0.860. The molecule has 1 atom stereocenters. The molecule has 1 aromatic rings. The fourth-order valence-electron chi connectivity index (χ4n) is 1.45. The monoisotopic (exact) mass is 262 g/mol. The van der Waals surface area contributed by atoms with E-state index in [1.807, 2.05) is 0 Å². The molecule has 88 valence electrons. The van der Waals surface area contributed by atoms with E-state index in [9.17, 15) is 9.59 Å². The lowest BCUT2D eigenvalue weighted by molar-refractivity contribution is -0.141. The lowest BCUT2D eigenvalue weighted by Gasteiger charge is -2.21. The third-order valence-corrected chi connectivity index (χ3v) is 3.50. The van der Waals surface area contributed by atoms with Gasteiger partial charge in [0.15, 0.2) is 5.16 Å². The van der Waals surface area contributed by atoms with E-state index in [-0.39, 0.29) is 24.5 Å². The summed E-state index contributed by atoms with van der Waals surface area (Å²) in [5, 5.41) is 9.49. The van der Waals surface area contributed by atoms with Gasteiger partial charge in [0.25, 0.3) is 5.56 Å². The zero-order chi connectivity index (χ0) is 11.0. The summed E-state index contributed by atoms with van der Waals surface area (Å²) in [5.41, 5.74) is 0.406. The summed E-state index contributed by atoms with van der Waals surface area (Å²) in [6.07, 6.45) is 1.53. The normalized spacial score (nSPS) is 18.4. The molecule has 2 heterocycles. The smallest absolute Gasteiger partial charge is 0.309 e. The van der Waals surface area contributed by atoms with E-state index in [1.54, 1.807) is 6.92 Å². The molecule has 16 heavy (non-hydrogen) atoms. The van der Waals surface area contributed by atoms with E-state index in [4.69, 9.17) is 5.11 Å². The first-order valence-electron chi connectivity index (χ1n) is 4.51. The van der Waals surface area contributed by atoms with Gasteiger partial charge in [-0.25, -0.2) is 4.98 Å². The molecule has 7 heteroatoms. The van der Waals surface area contributed by atoms with E-state index < -0.39 is 11.9 Å². The molecule has 0 saturated carbocycles. The van der Waals surface area contributed by atoms with E-state index in [2.05, 4.69) is 4.98 Å². The number of hydrogen-bond donors (Lipinski definition) is 1. The van der Waals surface area contributed by atoms with Crippen LogP contribution in [0.1, 0.15) is 5.56 Å². The van der Waals surface area contributed by atoms with E-state index in [1.165, 1.54) is 22.5 Å². The molecular weight excluding hydrogens is 252 g/mol. The largest absolute Gasteiger partial charge is 0.481 e. The van der Waals surface area contributed by atoms with Crippen LogP contribution in [-0.4, -0.2) is 26.4 Å². The van der Waals surface area contributed by atoms with Gasteiger partial charge in [-0.1, -0.05) is 11.8 Å². The highest BCUT2D eigenvalue weighted by atomic mass is 35.5. The molecule has 0 radical (unpaired) electrons. The van der Waals surface area contributed by atoms with Crippen molar-refractivity contribution in [3.63, 3.8) is 0 Å². The van der Waals surface area contributed by atoms with Crippen LogP contribution in [-0.2, 0) is 11.3 Å². The van der Waals surface area contributed by atoms with Crippen LogP contribution in [0, 0.1) is 12.8 Å². The van der Waals surface area contributed by atoms with Gasteiger partial charge in [0, 0.05) is 24.1 Å². The predicted molar refractivity (Wildman–Crippen MR) is 62.3 cm³/mol. The van der Waals surface area contributed by atoms with Gasteiger partial charge in [-0.05, 0) is 6.92 Å². The van der Waals surface area contributed by atoms with Crippen molar-refractivity contribution in [2.24, 2.45) is 5.92 Å². The Labute approximate surface area is 102 Å². The summed E-state index contributed by atoms with van der Waals surface area (Å²) in [6, 6.07) is 0. The van der Waals surface area contributed by atoms with Crippen LogP contribution in [0.25, 0.3) is 0 Å². The second-order valence-electron chi connectivity index (χ2n) is 3.49. The number of aryl methyl sites for hydroxylation is 1. The van der Waals surface area contributed by atoms with Crippen LogP contribution < -0.4 is 5.56 Å². The molecule has 1 aromatic heterocycles. The lowest BCUT2D eigenvalue weighted by Crippen LogP contribution is -2.35. The van der Waals surface area contributed by atoms with Gasteiger partial charge in [0.1, 0.15) is 0 Å². The van der Waals surface area contributed by atoms with Crippen LogP contribution in [0.2, 0.25) is 0 Å². The molecule has 2 rings (SSSR count). The van der Waals surface area contributed by atoms with Crippen molar-refractivity contribution in [3.05, 3.63) is 22.1 Å². The molecule has 1 aliphatic heterocycles. The average Bonchev–Trinajstić information content (AvgIpc) is 2.23. The third-order valence-electron chi connectivity index (χ3n) is 2.35. The van der Waals surface area contributed by atoms with Gasteiger partial charge in [0.2, 0.25) is 0 Å². The first-order chi connectivity index (χ1) is 7.09. The number of fused-ring (bicyclic) bond motifs is 1. The summed E-state index contributed by atoms with van der Waals surface area (Å²) in [4.78, 5) is 26.6. The van der Waals surface area contributed by atoms with Crippen molar-refractivity contribution in [2.75, 3.05) is 5.75 Å². The molecule has 1 N–H and O–H groups in total. The highest BCUT2D eigenvalue weighted by Crippen LogP contribution is 2.24. The molecule has 0 fully saturated rings. The van der Waals surface area contributed by atoms with E-state index in [0.29, 0.717) is 16.5 Å². The summed E-state index contributed by atoms with van der Waals surface area (Å²) in [7, 11) is 0. The van der Waals surface area contributed by atoms with Crippen molar-refractivity contribution in [1.82, 2.24) is 9.55 Å². The summed E-state index contributed by atoms with van der Waals surface area (Å²) in [6.45, 7) is 1.91. The van der Waals surface area contributed by atoms with Crippen LogP contribution >= 0.6 is 24.2 Å². The van der Waals surface area contributed by atoms with Gasteiger partial charge >= 0.3 is 5.97 Å². The molecule has 1 aliphatic rings. The van der Waals surface area contributed by atoms with Gasteiger partial charge in [0.05, 0.1) is 5.92 Å². The Kier molecular flexibility index (Phi) is 3.98. The van der Waals surface area contributed by atoms with Crippen LogP contribution in [0.15, 0.2) is 16.1 Å². The number of carboxylic acid groups (broad SMARTS) is 1. The number of halogens is 1. The number of thioether (sulfide) groups is 1. The quantitative estimate of drug-likeness (QED) is 0.758. The van der Waals surface area contributed by atoms with Gasteiger partial charge in [-0.2, -0.15) is 0 Å². The number of aromatic nitrogens is 2. The second-order valence-corrected chi connectivity index (χ2v) is 4.47. The van der Waals surface area contributed by atoms with Crippen molar-refractivity contribution in [2.45, 2.75) is 18.6 Å². The number of rotatable bonds is 1. The van der Waals surface area contributed by atoms with E-state index in [0.717, 1.165) is 0 Å². The predicted octanol–water partition coefficient (Wildman–Crippen LogP) is 0.780. The fourth-order valence-corrected chi connectivity index (χ4v) is 2.49. The third kappa shape index (κ3) is 2.22. The average molecular weight is 263 g/mol. The van der Waals surface area contributed by atoms with Gasteiger partial charge < -0.3 is 5.11 Å². The van der Waals surface area contributed by atoms with Crippen molar-refractivity contribution >= 4 is 30.1 Å². The van der Waals surface area contributed by atoms with Crippen molar-refractivity contribution < 1.29 is 9.90 Å². The maximum atomic E-state index is 11.7. The minimum Gasteiger partial charge on any atom is -0.481 e. The molecule has 0 spiro atoms. The maximum Gasteiger partial charge on any atom is 0.309 e. The molecule has 5 nitrogen and oxygen atoms in total. The molecule has 0 bridgehead atoms. The lowest BCUT2D eigenvalue weighted by atomic mass is 10.2. The van der Waals surface area contributed by atoms with Gasteiger partial charge in [-0.15, -0.1) is 12.4 Å². The Bertz CT molecular complexity index is 474. The number of hydrogen-bond acceptors (Lipinski definition) is 4. The number of aliphatic carboxylic acids is 1. The fraction of sp³-hybridized carbons (Fsp3) is 0.444. The minimum absolute atomic E-state index is 0. The van der Waals surface area contributed by atoms with Crippen LogP contribution in [0.3, 0.4) is 0 Å². The second kappa shape index (κ2) is 4.88. The summed E-state index contributed by atoms with van der Waals surface area (Å²) < 4.78 is 1.45. The number of carboxylic acids is 1. The Morgan fingerprint density at radius 3 is 3.00 bits per heavy atom. The number of carbonyl (C=O) groups is 1. The van der Waals surface area contributed by atoms with Crippen molar-refractivity contribution in [3.8, 4) is 0 Å². The van der Waals surface area contributed by atoms with Crippen LogP contribution in [0.4, 0.5) is 0 Å². The number of nitrogens with zero attached hydrogens (tertiary/aromatic N) is 2. The molecule has 0 saturated heterocycles. The Hall–Kier alpha value is -1.01. The first kappa shape index (κ1) is 13.1. The highest BCUT2D eigenvalue weighted by Gasteiger charge is 2.26. The van der Waals surface area contributed by atoms with Crippen LogP contribution in [0.5, 0.6) is 0 Å². The first-order valence-corrected chi connectivity index (χ1v) is 5.50. The van der Waals surface area contributed by atoms with Crippen molar-refractivity contribution in [1.29, 1.82) is 0 Å².